The van der Waals surface area contributed by atoms with Gasteiger partial charge >= 0.3 is 12.1 Å². The van der Waals surface area contributed by atoms with Crippen LogP contribution in [0.2, 0.25) is 5.02 Å². The Morgan fingerprint density at radius 3 is 2.25 bits per heavy atom. The molecule has 1 aromatic carbocycles. The molecule has 1 aromatic rings. The number of amides is 2. The number of alkyl carbamates (subject to hydrolysis) is 1. The van der Waals surface area contributed by atoms with Crippen LogP contribution in [-0.2, 0) is 25.5 Å². The van der Waals surface area contributed by atoms with E-state index in [4.69, 9.17) is 21.1 Å². The molecule has 2 aliphatic rings. The minimum Gasteiger partial charge on any atom is -0.466 e. The first-order chi connectivity index (χ1) is 17.0. The van der Waals surface area contributed by atoms with Crippen LogP contribution in [0.1, 0.15) is 78.2 Å². The Hall–Kier alpha value is -2.28. The van der Waals surface area contributed by atoms with Crippen molar-refractivity contribution in [1.82, 2.24) is 10.2 Å². The molecule has 3 rings (SSSR count). The molecule has 0 aromatic heterocycles. The fourth-order valence-corrected chi connectivity index (χ4v) is 5.69. The van der Waals surface area contributed by atoms with E-state index in [2.05, 4.69) is 5.32 Å². The molecule has 1 saturated heterocycles. The van der Waals surface area contributed by atoms with Crippen LogP contribution in [-0.4, -0.2) is 54.2 Å². The molecule has 1 heterocycles. The van der Waals surface area contributed by atoms with Gasteiger partial charge in [-0.25, -0.2) is 4.79 Å². The maximum atomic E-state index is 13.7. The summed E-state index contributed by atoms with van der Waals surface area (Å²) in [5, 5.41) is 3.39. The van der Waals surface area contributed by atoms with E-state index in [9.17, 15) is 14.4 Å². The Morgan fingerprint density at radius 1 is 1.08 bits per heavy atom. The predicted octanol–water partition coefficient (Wildman–Crippen LogP) is 5.53. The third-order valence-electron chi connectivity index (χ3n) is 7.38. The zero-order valence-electron chi connectivity index (χ0n) is 22.1. The second-order valence-electron chi connectivity index (χ2n) is 11.1. The van der Waals surface area contributed by atoms with Crippen molar-refractivity contribution in [3.8, 4) is 0 Å². The van der Waals surface area contributed by atoms with Gasteiger partial charge in [0.1, 0.15) is 11.6 Å². The summed E-state index contributed by atoms with van der Waals surface area (Å²) in [5.74, 6) is 0.0119. The lowest BCUT2D eigenvalue weighted by Crippen LogP contribution is -2.56. The molecule has 0 bridgehead atoms. The van der Waals surface area contributed by atoms with Gasteiger partial charge in [0.2, 0.25) is 5.91 Å². The fraction of sp³-hybridized carbons (Fsp3) is 0.679. The van der Waals surface area contributed by atoms with Gasteiger partial charge in [0, 0.05) is 24.5 Å². The van der Waals surface area contributed by atoms with Crippen LogP contribution in [0, 0.1) is 11.3 Å². The maximum Gasteiger partial charge on any atom is 0.408 e. The number of ether oxygens (including phenoxy) is 2. The second kappa shape index (κ2) is 12.3. The summed E-state index contributed by atoms with van der Waals surface area (Å²) in [7, 11) is 0. The van der Waals surface area contributed by atoms with Crippen molar-refractivity contribution in [3.63, 3.8) is 0 Å². The monoisotopic (exact) mass is 520 g/mol. The lowest BCUT2D eigenvalue weighted by molar-refractivity contribution is -0.166. The van der Waals surface area contributed by atoms with Crippen LogP contribution in [0.3, 0.4) is 0 Å². The molecule has 7 nitrogen and oxygen atoms in total. The lowest BCUT2D eigenvalue weighted by atomic mass is 9.63. The maximum absolute atomic E-state index is 13.7. The summed E-state index contributed by atoms with van der Waals surface area (Å²) >= 11 is 6.03. The number of benzene rings is 1. The van der Waals surface area contributed by atoms with Crippen molar-refractivity contribution in [2.45, 2.75) is 90.7 Å². The molecule has 2 fully saturated rings. The summed E-state index contributed by atoms with van der Waals surface area (Å²) in [6.07, 6.45) is 6.41. The summed E-state index contributed by atoms with van der Waals surface area (Å²) < 4.78 is 11.0. The molecular weight excluding hydrogens is 480 g/mol. The Bertz CT molecular complexity index is 898. The minimum atomic E-state index is -0.786. The van der Waals surface area contributed by atoms with Crippen molar-refractivity contribution in [2.75, 3.05) is 19.7 Å². The number of nitrogens with one attached hydrogen (secondary N) is 1. The first-order valence-electron chi connectivity index (χ1n) is 13.2. The summed E-state index contributed by atoms with van der Waals surface area (Å²) in [4.78, 5) is 41.2. The molecule has 0 radical (unpaired) electrons. The van der Waals surface area contributed by atoms with Gasteiger partial charge in [-0.1, -0.05) is 43.0 Å². The minimum absolute atomic E-state index is 0.117. The van der Waals surface area contributed by atoms with Crippen LogP contribution in [0.5, 0.6) is 0 Å². The normalized spacial score (nSPS) is 19.3. The average molecular weight is 521 g/mol. The molecule has 200 valence electrons. The van der Waals surface area contributed by atoms with E-state index in [1.165, 1.54) is 6.42 Å². The highest BCUT2D eigenvalue weighted by Gasteiger charge is 2.49. The first kappa shape index (κ1) is 28.3. The molecule has 2 amide bonds. The van der Waals surface area contributed by atoms with Gasteiger partial charge in [-0.2, -0.15) is 0 Å². The van der Waals surface area contributed by atoms with Crippen molar-refractivity contribution in [2.24, 2.45) is 11.3 Å². The molecule has 1 N–H and O–H groups in total. The molecular formula is C28H41ClN2O5. The molecule has 0 spiro atoms. The van der Waals surface area contributed by atoms with E-state index in [0.717, 1.165) is 31.2 Å². The summed E-state index contributed by atoms with van der Waals surface area (Å²) in [6.45, 7) is 8.48. The van der Waals surface area contributed by atoms with Crippen LogP contribution < -0.4 is 5.32 Å². The zero-order valence-corrected chi connectivity index (χ0v) is 22.9. The van der Waals surface area contributed by atoms with Crippen LogP contribution in [0.15, 0.2) is 24.3 Å². The molecule has 8 heteroatoms. The van der Waals surface area contributed by atoms with Crippen molar-refractivity contribution >= 4 is 29.6 Å². The summed E-state index contributed by atoms with van der Waals surface area (Å²) in [5.41, 5.74) is -0.325. The summed E-state index contributed by atoms with van der Waals surface area (Å²) in [6, 6.07) is 6.45. The number of rotatable bonds is 7. The van der Waals surface area contributed by atoms with Crippen LogP contribution in [0.4, 0.5) is 4.79 Å². The van der Waals surface area contributed by atoms with E-state index < -0.39 is 23.2 Å². The number of carbonyl (C=O) groups is 3. The third kappa shape index (κ3) is 7.37. The molecule has 1 saturated carbocycles. The van der Waals surface area contributed by atoms with E-state index in [1.54, 1.807) is 37.8 Å². The molecule has 1 atom stereocenters. The molecule has 36 heavy (non-hydrogen) atoms. The predicted molar refractivity (Wildman–Crippen MR) is 140 cm³/mol. The van der Waals surface area contributed by atoms with E-state index in [-0.39, 0.29) is 11.9 Å². The topological polar surface area (TPSA) is 84.9 Å². The number of halogens is 1. The average Bonchev–Trinajstić information content (AvgIpc) is 2.84. The van der Waals surface area contributed by atoms with Gasteiger partial charge in [0.25, 0.3) is 0 Å². The fourth-order valence-electron chi connectivity index (χ4n) is 5.56. The zero-order chi connectivity index (χ0) is 26.3. The number of hydrogen-bond donors (Lipinski definition) is 1. The van der Waals surface area contributed by atoms with E-state index in [1.807, 2.05) is 19.1 Å². The largest absolute Gasteiger partial charge is 0.466 e. The highest BCUT2D eigenvalue weighted by Crippen LogP contribution is 2.47. The number of hydrogen-bond acceptors (Lipinski definition) is 5. The number of likely N-dealkylation sites (tertiary alicyclic amines) is 1. The van der Waals surface area contributed by atoms with Gasteiger partial charge < -0.3 is 19.7 Å². The lowest BCUT2D eigenvalue weighted by Gasteiger charge is -2.46. The number of nitrogens with zero attached hydrogens (tertiary/aromatic N) is 1. The van der Waals surface area contributed by atoms with Crippen LogP contribution >= 0.6 is 11.6 Å². The van der Waals surface area contributed by atoms with E-state index in [0.29, 0.717) is 49.9 Å². The second-order valence-corrected chi connectivity index (χ2v) is 11.5. The quantitative estimate of drug-likeness (QED) is 0.478. The van der Waals surface area contributed by atoms with Gasteiger partial charge in [-0.05, 0) is 77.0 Å². The SMILES string of the molecule is CCOC(=O)C1(C2CCCCC2)CCN(C(=O)C(Cc2ccc(Cl)cc2)NC(=O)OC(C)(C)C)CC1. The highest BCUT2D eigenvalue weighted by atomic mass is 35.5. The Morgan fingerprint density at radius 2 is 1.69 bits per heavy atom. The number of carbonyl (C=O) groups excluding carboxylic acids is 3. The van der Waals surface area contributed by atoms with Crippen molar-refractivity contribution in [3.05, 3.63) is 34.9 Å². The Kier molecular flexibility index (Phi) is 9.67. The first-order valence-corrected chi connectivity index (χ1v) is 13.6. The molecule has 1 aliphatic heterocycles. The van der Waals surface area contributed by atoms with Gasteiger partial charge in [-0.3, -0.25) is 9.59 Å². The Balaban J connectivity index is 1.75. The van der Waals surface area contributed by atoms with Gasteiger partial charge in [0.05, 0.1) is 12.0 Å². The number of esters is 1. The standard InChI is InChI=1S/C28H41ClN2O5/c1-5-35-25(33)28(21-9-7-6-8-10-21)15-17-31(18-16-28)24(32)23(30-26(34)36-27(2,3)4)19-20-11-13-22(29)14-12-20/h11-14,21,23H,5-10,15-19H2,1-4H3,(H,30,34). The van der Waals surface area contributed by atoms with Gasteiger partial charge in [-0.15, -0.1) is 0 Å². The van der Waals surface area contributed by atoms with Crippen molar-refractivity contribution < 1.29 is 23.9 Å². The molecule has 1 aliphatic carbocycles. The van der Waals surface area contributed by atoms with Crippen LogP contribution in [0.25, 0.3) is 0 Å². The third-order valence-corrected chi connectivity index (χ3v) is 7.63. The number of piperidine rings is 1. The van der Waals surface area contributed by atoms with Gasteiger partial charge in [0.15, 0.2) is 0 Å². The molecule has 1 unspecified atom stereocenters. The van der Waals surface area contributed by atoms with Crippen molar-refractivity contribution in [1.29, 1.82) is 0 Å². The smallest absolute Gasteiger partial charge is 0.408 e. The Labute approximate surface area is 220 Å². The highest BCUT2D eigenvalue weighted by molar-refractivity contribution is 6.30. The van der Waals surface area contributed by atoms with E-state index >= 15 is 0 Å².